The Bertz CT molecular complexity index is 537. The Morgan fingerprint density at radius 1 is 1.36 bits per heavy atom. The van der Waals surface area contributed by atoms with Crippen LogP contribution in [0, 0.1) is 0 Å². The van der Waals surface area contributed by atoms with Gasteiger partial charge in [-0.2, -0.15) is 11.8 Å². The smallest absolute Gasteiger partial charge is 0.305 e. The lowest BCUT2D eigenvalue weighted by Crippen LogP contribution is -2.26. The number of hydrogen-bond donors (Lipinski definition) is 3. The van der Waals surface area contributed by atoms with Crippen molar-refractivity contribution in [3.63, 3.8) is 0 Å². The molecule has 3 N–H and O–H groups in total. The van der Waals surface area contributed by atoms with Gasteiger partial charge in [0.15, 0.2) is 0 Å². The fourth-order valence-corrected chi connectivity index (χ4v) is 3.03. The van der Waals surface area contributed by atoms with Crippen LogP contribution in [0.2, 0.25) is 0 Å². The number of nitrogens with one attached hydrogen (secondary N) is 2. The van der Waals surface area contributed by atoms with E-state index in [9.17, 15) is 9.59 Å². The Hall–Kier alpha value is -1.76. The van der Waals surface area contributed by atoms with E-state index in [-0.39, 0.29) is 18.9 Å². The number of pyridine rings is 1. The van der Waals surface area contributed by atoms with Crippen molar-refractivity contribution < 1.29 is 14.7 Å². The fraction of sp³-hybridized carbons (Fsp3) is 0.533. The first-order valence-electron chi connectivity index (χ1n) is 7.44. The van der Waals surface area contributed by atoms with Crippen LogP contribution in [-0.2, 0) is 21.8 Å². The van der Waals surface area contributed by atoms with E-state index in [0.717, 1.165) is 36.7 Å². The zero-order chi connectivity index (χ0) is 15.8. The molecule has 6 nitrogen and oxygen atoms in total. The fourth-order valence-electron chi connectivity index (χ4n) is 2.19. The lowest BCUT2D eigenvalue weighted by molar-refractivity contribution is -0.136. The summed E-state index contributed by atoms with van der Waals surface area (Å²) >= 11 is 1.66. The number of rotatable bonds is 8. The predicted molar refractivity (Wildman–Crippen MR) is 87.1 cm³/mol. The second kappa shape index (κ2) is 8.63. The van der Waals surface area contributed by atoms with Crippen LogP contribution in [0.5, 0.6) is 0 Å². The standard InChI is InChI=1S/C15H21N3O3S/c19-13(16-8-5-14(20)21)6-9-22-10-12-4-3-11-2-1-7-17-15(11)18-12/h3-4H,1-2,5-10H2,(H,16,19)(H,17,18)(H,20,21). The molecule has 0 bridgehead atoms. The summed E-state index contributed by atoms with van der Waals surface area (Å²) in [5.41, 5.74) is 2.29. The van der Waals surface area contributed by atoms with Gasteiger partial charge in [0.25, 0.3) is 0 Å². The summed E-state index contributed by atoms with van der Waals surface area (Å²) in [5.74, 6) is 1.47. The second-order valence-corrected chi connectivity index (χ2v) is 6.24. The first-order valence-corrected chi connectivity index (χ1v) is 8.59. The molecule has 1 aromatic heterocycles. The summed E-state index contributed by atoms with van der Waals surface area (Å²) in [7, 11) is 0. The number of aromatic nitrogens is 1. The third-order valence-corrected chi connectivity index (χ3v) is 4.33. The third kappa shape index (κ3) is 5.55. The van der Waals surface area contributed by atoms with Crippen molar-refractivity contribution in [2.45, 2.75) is 31.4 Å². The molecule has 0 saturated heterocycles. The number of aryl methyl sites for hydroxylation is 1. The van der Waals surface area contributed by atoms with Crippen LogP contribution < -0.4 is 10.6 Å². The number of carbonyl (C=O) groups excluding carboxylic acids is 1. The Balaban J connectivity index is 1.64. The van der Waals surface area contributed by atoms with E-state index in [0.29, 0.717) is 12.2 Å². The van der Waals surface area contributed by atoms with Gasteiger partial charge in [0.1, 0.15) is 5.82 Å². The molecule has 0 unspecified atom stereocenters. The molecule has 1 aliphatic rings. The Labute approximate surface area is 134 Å². The van der Waals surface area contributed by atoms with Crippen molar-refractivity contribution in [3.8, 4) is 0 Å². The van der Waals surface area contributed by atoms with Crippen LogP contribution in [0.25, 0.3) is 0 Å². The van der Waals surface area contributed by atoms with E-state index >= 15 is 0 Å². The average Bonchev–Trinajstić information content (AvgIpc) is 2.51. The number of hydrogen-bond acceptors (Lipinski definition) is 5. The van der Waals surface area contributed by atoms with E-state index < -0.39 is 5.97 Å². The minimum atomic E-state index is -0.901. The highest BCUT2D eigenvalue weighted by molar-refractivity contribution is 7.98. The van der Waals surface area contributed by atoms with Crippen molar-refractivity contribution in [2.75, 3.05) is 24.2 Å². The summed E-state index contributed by atoms with van der Waals surface area (Å²) in [6.07, 6.45) is 2.59. The van der Waals surface area contributed by atoms with Crippen molar-refractivity contribution in [1.82, 2.24) is 10.3 Å². The van der Waals surface area contributed by atoms with Gasteiger partial charge in [-0.25, -0.2) is 4.98 Å². The van der Waals surface area contributed by atoms with Gasteiger partial charge in [0, 0.05) is 31.0 Å². The highest BCUT2D eigenvalue weighted by Crippen LogP contribution is 2.21. The SMILES string of the molecule is O=C(O)CCNC(=O)CCSCc1ccc2c(n1)NCCC2. The molecule has 22 heavy (non-hydrogen) atoms. The maximum atomic E-state index is 11.5. The molecular formula is C15H21N3O3S. The molecular weight excluding hydrogens is 302 g/mol. The number of carboxylic acids is 1. The largest absolute Gasteiger partial charge is 0.481 e. The third-order valence-electron chi connectivity index (χ3n) is 3.34. The van der Waals surface area contributed by atoms with Gasteiger partial charge in [-0.15, -0.1) is 0 Å². The van der Waals surface area contributed by atoms with Crippen molar-refractivity contribution in [1.29, 1.82) is 0 Å². The average molecular weight is 323 g/mol. The molecule has 120 valence electrons. The Morgan fingerprint density at radius 2 is 2.23 bits per heavy atom. The van der Waals surface area contributed by atoms with Crippen LogP contribution in [0.15, 0.2) is 12.1 Å². The Kier molecular flexibility index (Phi) is 6.51. The maximum absolute atomic E-state index is 11.5. The molecule has 0 saturated carbocycles. The number of anilines is 1. The van der Waals surface area contributed by atoms with Gasteiger partial charge in [0.2, 0.25) is 5.91 Å². The van der Waals surface area contributed by atoms with Crippen LogP contribution >= 0.6 is 11.8 Å². The van der Waals surface area contributed by atoms with Gasteiger partial charge in [0.05, 0.1) is 12.1 Å². The van der Waals surface area contributed by atoms with Crippen LogP contribution in [0.4, 0.5) is 5.82 Å². The molecule has 1 amide bonds. The first-order chi connectivity index (χ1) is 10.6. The van der Waals surface area contributed by atoms with E-state index in [1.54, 1.807) is 11.8 Å². The Morgan fingerprint density at radius 3 is 3.05 bits per heavy atom. The van der Waals surface area contributed by atoms with Gasteiger partial charge >= 0.3 is 5.97 Å². The van der Waals surface area contributed by atoms with Gasteiger partial charge in [-0.1, -0.05) is 6.07 Å². The molecule has 0 fully saturated rings. The molecule has 0 radical (unpaired) electrons. The number of carbonyl (C=O) groups is 2. The molecule has 0 aliphatic carbocycles. The van der Waals surface area contributed by atoms with Gasteiger partial charge in [-0.3, -0.25) is 9.59 Å². The molecule has 0 atom stereocenters. The minimum Gasteiger partial charge on any atom is -0.481 e. The second-order valence-electron chi connectivity index (χ2n) is 5.14. The zero-order valence-electron chi connectivity index (χ0n) is 12.4. The van der Waals surface area contributed by atoms with Crippen molar-refractivity contribution >= 4 is 29.5 Å². The molecule has 2 rings (SSSR count). The lowest BCUT2D eigenvalue weighted by Gasteiger charge is -2.17. The van der Waals surface area contributed by atoms with E-state index in [1.807, 2.05) is 6.07 Å². The normalized spacial score (nSPS) is 13.1. The number of fused-ring (bicyclic) bond motifs is 1. The number of carboxylic acid groups (broad SMARTS) is 1. The molecule has 1 aliphatic heterocycles. The van der Waals surface area contributed by atoms with Crippen LogP contribution in [0.3, 0.4) is 0 Å². The molecule has 7 heteroatoms. The quantitative estimate of drug-likeness (QED) is 0.630. The lowest BCUT2D eigenvalue weighted by atomic mass is 10.1. The monoisotopic (exact) mass is 323 g/mol. The van der Waals surface area contributed by atoms with Crippen molar-refractivity contribution in [3.05, 3.63) is 23.4 Å². The number of amides is 1. The van der Waals surface area contributed by atoms with Gasteiger partial charge in [-0.05, 0) is 24.5 Å². The number of nitrogens with zero attached hydrogens (tertiary/aromatic N) is 1. The number of thioether (sulfide) groups is 1. The summed E-state index contributed by atoms with van der Waals surface area (Å²) in [5, 5.41) is 14.4. The van der Waals surface area contributed by atoms with E-state index in [1.165, 1.54) is 5.56 Å². The minimum absolute atomic E-state index is 0.0368. The van der Waals surface area contributed by atoms with Crippen molar-refractivity contribution in [2.24, 2.45) is 0 Å². The zero-order valence-corrected chi connectivity index (χ0v) is 13.2. The van der Waals surface area contributed by atoms with Gasteiger partial charge < -0.3 is 15.7 Å². The summed E-state index contributed by atoms with van der Waals surface area (Å²) in [4.78, 5) is 26.4. The van der Waals surface area contributed by atoms with E-state index in [2.05, 4.69) is 21.7 Å². The molecule has 0 spiro atoms. The van der Waals surface area contributed by atoms with Crippen LogP contribution in [0.1, 0.15) is 30.5 Å². The highest BCUT2D eigenvalue weighted by atomic mass is 32.2. The maximum Gasteiger partial charge on any atom is 0.305 e. The van der Waals surface area contributed by atoms with E-state index in [4.69, 9.17) is 5.11 Å². The molecule has 2 heterocycles. The van der Waals surface area contributed by atoms with Crippen LogP contribution in [-0.4, -0.2) is 40.8 Å². The summed E-state index contributed by atoms with van der Waals surface area (Å²) in [6.45, 7) is 1.17. The molecule has 1 aromatic rings. The highest BCUT2D eigenvalue weighted by Gasteiger charge is 2.10. The predicted octanol–water partition coefficient (Wildman–Crippen LogP) is 1.65. The topological polar surface area (TPSA) is 91.3 Å². The number of aliphatic carboxylic acids is 1. The summed E-state index contributed by atoms with van der Waals surface area (Å²) < 4.78 is 0. The molecule has 0 aromatic carbocycles. The first kappa shape index (κ1) is 16.6. The summed E-state index contributed by atoms with van der Waals surface area (Å²) in [6, 6.07) is 4.18.